The van der Waals surface area contributed by atoms with Gasteiger partial charge in [0.05, 0.1) is 17.4 Å². The number of nitrogens with zero attached hydrogens (tertiary/aromatic N) is 1. The van der Waals surface area contributed by atoms with Crippen molar-refractivity contribution in [2.75, 3.05) is 4.72 Å². The molecule has 0 saturated heterocycles. The number of hydrogen-bond acceptors (Lipinski definition) is 3. The molecule has 0 spiro atoms. The summed E-state index contributed by atoms with van der Waals surface area (Å²) in [4.78, 5) is 0. The molecule has 2 aromatic carbocycles. The van der Waals surface area contributed by atoms with Crippen molar-refractivity contribution < 1.29 is 8.42 Å². The number of nitrogens with one attached hydrogen (secondary N) is 1. The van der Waals surface area contributed by atoms with Gasteiger partial charge in [0, 0.05) is 5.69 Å². The highest BCUT2D eigenvalue weighted by atomic mass is 32.2. The second-order valence-electron chi connectivity index (χ2n) is 4.72. The Bertz CT molecular complexity index is 760. The van der Waals surface area contributed by atoms with Gasteiger partial charge < -0.3 is 0 Å². The molecule has 0 aromatic heterocycles. The second-order valence-corrected chi connectivity index (χ2v) is 6.45. The van der Waals surface area contributed by atoms with E-state index in [1.54, 1.807) is 30.3 Å². The van der Waals surface area contributed by atoms with Crippen LogP contribution in [-0.2, 0) is 22.2 Å². The molecule has 1 N–H and O–H groups in total. The summed E-state index contributed by atoms with van der Waals surface area (Å²) in [5, 5.41) is 8.72. The zero-order valence-corrected chi connectivity index (χ0v) is 12.5. The monoisotopic (exact) mass is 300 g/mol. The lowest BCUT2D eigenvalue weighted by Gasteiger charge is -2.09. The molecule has 0 amide bonds. The molecular weight excluding hydrogens is 284 g/mol. The smallest absolute Gasteiger partial charge is 0.236 e. The summed E-state index contributed by atoms with van der Waals surface area (Å²) in [6.07, 6.45) is 0.852. The first-order chi connectivity index (χ1) is 10.0. The lowest BCUT2D eigenvalue weighted by molar-refractivity contribution is 0.600. The summed E-state index contributed by atoms with van der Waals surface area (Å²) in [7, 11) is -3.47. The van der Waals surface area contributed by atoms with Crippen LogP contribution in [0.25, 0.3) is 0 Å². The zero-order chi connectivity index (χ0) is 15.3. The third-order valence-electron chi connectivity index (χ3n) is 3.05. The summed E-state index contributed by atoms with van der Waals surface area (Å²) in [6, 6.07) is 15.9. The van der Waals surface area contributed by atoms with Crippen LogP contribution < -0.4 is 4.72 Å². The summed E-state index contributed by atoms with van der Waals surface area (Å²) in [5.41, 5.74) is 2.81. The lowest BCUT2D eigenvalue weighted by atomic mass is 10.1. The van der Waals surface area contributed by atoms with Crippen LogP contribution in [0.3, 0.4) is 0 Å². The van der Waals surface area contributed by atoms with E-state index >= 15 is 0 Å². The van der Waals surface area contributed by atoms with Gasteiger partial charge in [0.25, 0.3) is 0 Å². The lowest BCUT2D eigenvalue weighted by Crippen LogP contribution is -2.15. The molecule has 0 atom stereocenters. The average Bonchev–Trinajstić information content (AvgIpc) is 2.47. The molecule has 5 heteroatoms. The number of rotatable bonds is 5. The van der Waals surface area contributed by atoms with Crippen molar-refractivity contribution in [2.45, 2.75) is 19.1 Å². The SMILES string of the molecule is CCc1cccc(NS(=O)(=O)Cc2ccc(C#N)cc2)c1. The molecule has 108 valence electrons. The molecule has 0 bridgehead atoms. The van der Waals surface area contributed by atoms with Gasteiger partial charge in [-0.15, -0.1) is 0 Å². The third-order valence-corrected chi connectivity index (χ3v) is 4.31. The molecule has 21 heavy (non-hydrogen) atoms. The van der Waals surface area contributed by atoms with Crippen LogP contribution in [0.15, 0.2) is 48.5 Å². The van der Waals surface area contributed by atoms with Crippen molar-refractivity contribution >= 4 is 15.7 Å². The van der Waals surface area contributed by atoms with Crippen LogP contribution in [0, 0.1) is 11.3 Å². The highest BCUT2D eigenvalue weighted by Gasteiger charge is 2.12. The van der Waals surface area contributed by atoms with Gasteiger partial charge in [0.2, 0.25) is 10.0 Å². The molecule has 2 aromatic rings. The van der Waals surface area contributed by atoms with Crippen molar-refractivity contribution in [3.8, 4) is 6.07 Å². The van der Waals surface area contributed by atoms with Gasteiger partial charge in [0.15, 0.2) is 0 Å². The van der Waals surface area contributed by atoms with Crippen LogP contribution >= 0.6 is 0 Å². The Hall–Kier alpha value is -2.32. The first kappa shape index (κ1) is 15.1. The molecule has 0 aliphatic rings. The first-order valence-electron chi connectivity index (χ1n) is 6.61. The van der Waals surface area contributed by atoms with Crippen LogP contribution in [0.2, 0.25) is 0 Å². The van der Waals surface area contributed by atoms with Crippen LogP contribution in [0.4, 0.5) is 5.69 Å². The normalized spacial score (nSPS) is 10.9. The molecule has 0 aliphatic carbocycles. The van der Waals surface area contributed by atoms with E-state index in [9.17, 15) is 8.42 Å². The predicted molar refractivity (Wildman–Crippen MR) is 83.2 cm³/mol. The number of sulfonamides is 1. The number of nitriles is 1. The minimum atomic E-state index is -3.47. The van der Waals surface area contributed by atoms with E-state index in [1.165, 1.54) is 0 Å². The largest absolute Gasteiger partial charge is 0.283 e. The fourth-order valence-electron chi connectivity index (χ4n) is 1.97. The van der Waals surface area contributed by atoms with Gasteiger partial charge in [0.1, 0.15) is 0 Å². The molecule has 0 saturated carbocycles. The second kappa shape index (κ2) is 6.42. The summed E-state index contributed by atoms with van der Waals surface area (Å²) in [5.74, 6) is -0.116. The van der Waals surface area contributed by atoms with Crippen LogP contribution in [-0.4, -0.2) is 8.42 Å². The van der Waals surface area contributed by atoms with E-state index < -0.39 is 10.0 Å². The van der Waals surface area contributed by atoms with E-state index in [0.717, 1.165) is 12.0 Å². The van der Waals surface area contributed by atoms with Gasteiger partial charge in [-0.05, 0) is 41.8 Å². The number of anilines is 1. The predicted octanol–water partition coefficient (Wildman–Crippen LogP) is 3.06. The highest BCUT2D eigenvalue weighted by molar-refractivity contribution is 7.91. The minimum absolute atomic E-state index is 0.116. The summed E-state index contributed by atoms with van der Waals surface area (Å²) >= 11 is 0. The Kier molecular flexibility index (Phi) is 4.61. The Balaban J connectivity index is 2.12. The quantitative estimate of drug-likeness (QED) is 0.922. The van der Waals surface area contributed by atoms with Gasteiger partial charge in [-0.1, -0.05) is 31.2 Å². The van der Waals surface area contributed by atoms with Gasteiger partial charge in [-0.25, -0.2) is 8.42 Å². The maximum Gasteiger partial charge on any atom is 0.236 e. The Morgan fingerprint density at radius 2 is 1.81 bits per heavy atom. The van der Waals surface area contributed by atoms with Crippen molar-refractivity contribution in [2.24, 2.45) is 0 Å². The Morgan fingerprint density at radius 3 is 2.43 bits per heavy atom. The number of aryl methyl sites for hydroxylation is 1. The van der Waals surface area contributed by atoms with E-state index in [1.807, 2.05) is 31.2 Å². The standard InChI is InChI=1S/C16H16N2O2S/c1-2-13-4-3-5-16(10-13)18-21(19,20)12-15-8-6-14(11-17)7-9-15/h3-10,18H,2,12H2,1H3. The molecule has 4 nitrogen and oxygen atoms in total. The van der Waals surface area contributed by atoms with Gasteiger partial charge in [-0.3, -0.25) is 4.72 Å². The fourth-order valence-corrected chi connectivity index (χ4v) is 3.15. The topological polar surface area (TPSA) is 70.0 Å². The van der Waals surface area contributed by atoms with Crippen molar-refractivity contribution in [3.05, 3.63) is 65.2 Å². The minimum Gasteiger partial charge on any atom is -0.283 e. The summed E-state index contributed by atoms with van der Waals surface area (Å²) < 4.78 is 26.9. The van der Waals surface area contributed by atoms with E-state index in [2.05, 4.69) is 4.72 Å². The van der Waals surface area contributed by atoms with Crippen molar-refractivity contribution in [1.29, 1.82) is 5.26 Å². The Morgan fingerprint density at radius 1 is 1.10 bits per heavy atom. The number of hydrogen-bond donors (Lipinski definition) is 1. The first-order valence-corrected chi connectivity index (χ1v) is 8.26. The fraction of sp³-hybridized carbons (Fsp3) is 0.188. The zero-order valence-electron chi connectivity index (χ0n) is 11.7. The molecule has 0 heterocycles. The van der Waals surface area contributed by atoms with Crippen LogP contribution in [0.5, 0.6) is 0 Å². The molecule has 0 unspecified atom stereocenters. The van der Waals surface area contributed by atoms with Gasteiger partial charge >= 0.3 is 0 Å². The van der Waals surface area contributed by atoms with Crippen molar-refractivity contribution in [3.63, 3.8) is 0 Å². The molecular formula is C16H16N2O2S. The average molecular weight is 300 g/mol. The molecule has 0 radical (unpaired) electrons. The van der Waals surface area contributed by atoms with E-state index in [4.69, 9.17) is 5.26 Å². The van der Waals surface area contributed by atoms with Crippen LogP contribution in [0.1, 0.15) is 23.6 Å². The highest BCUT2D eigenvalue weighted by Crippen LogP contribution is 2.15. The van der Waals surface area contributed by atoms with E-state index in [-0.39, 0.29) is 5.75 Å². The summed E-state index contributed by atoms with van der Waals surface area (Å²) in [6.45, 7) is 2.02. The Labute approximate surface area is 125 Å². The third kappa shape index (κ3) is 4.33. The number of benzene rings is 2. The van der Waals surface area contributed by atoms with E-state index in [0.29, 0.717) is 16.8 Å². The maximum atomic E-state index is 12.1. The van der Waals surface area contributed by atoms with Crippen molar-refractivity contribution in [1.82, 2.24) is 0 Å². The molecule has 0 aliphatic heterocycles. The molecule has 2 rings (SSSR count). The van der Waals surface area contributed by atoms with Gasteiger partial charge in [-0.2, -0.15) is 5.26 Å². The molecule has 0 fully saturated rings. The maximum absolute atomic E-state index is 12.1.